The number of hydrogen-bond donors (Lipinski definition) is 2. The van der Waals surface area contributed by atoms with Crippen molar-refractivity contribution in [3.8, 4) is 0 Å². The number of aliphatic hydroxyl groups is 1. The summed E-state index contributed by atoms with van der Waals surface area (Å²) in [5.41, 5.74) is 6.33. The highest BCUT2D eigenvalue weighted by Gasteiger charge is 2.36. The molecule has 1 aliphatic rings. The lowest BCUT2D eigenvalue weighted by atomic mass is 9.69. The first-order valence-corrected chi connectivity index (χ1v) is 5.42. The van der Waals surface area contributed by atoms with Crippen LogP contribution >= 0.6 is 0 Å². The zero-order valence-corrected chi connectivity index (χ0v) is 9.09. The highest BCUT2D eigenvalue weighted by Crippen LogP contribution is 2.35. The summed E-state index contributed by atoms with van der Waals surface area (Å²) in [6, 6.07) is 0. The Balaban J connectivity index is 2.56. The van der Waals surface area contributed by atoms with Crippen molar-refractivity contribution in [2.24, 2.45) is 17.6 Å². The van der Waals surface area contributed by atoms with Gasteiger partial charge in [-0.1, -0.05) is 20.8 Å². The lowest BCUT2D eigenvalue weighted by Gasteiger charge is -2.42. The van der Waals surface area contributed by atoms with Crippen LogP contribution in [0.3, 0.4) is 0 Å². The molecule has 1 rings (SSSR count). The third kappa shape index (κ3) is 2.44. The lowest BCUT2D eigenvalue weighted by Crippen LogP contribution is -2.51. The summed E-state index contributed by atoms with van der Waals surface area (Å²) in [6.07, 6.45) is 3.62. The van der Waals surface area contributed by atoms with Gasteiger partial charge < -0.3 is 10.8 Å². The fraction of sp³-hybridized carbons (Fsp3) is 1.00. The van der Waals surface area contributed by atoms with Crippen molar-refractivity contribution in [3.05, 3.63) is 0 Å². The molecule has 0 spiro atoms. The second-order valence-electron chi connectivity index (χ2n) is 5.00. The zero-order valence-electron chi connectivity index (χ0n) is 9.09. The summed E-state index contributed by atoms with van der Waals surface area (Å²) in [5.74, 6) is 1.19. The quantitative estimate of drug-likeness (QED) is 0.690. The van der Waals surface area contributed by atoms with Crippen LogP contribution in [-0.2, 0) is 0 Å². The fourth-order valence-electron chi connectivity index (χ4n) is 2.26. The molecule has 0 saturated heterocycles. The third-order valence-electron chi connectivity index (χ3n) is 3.79. The van der Waals surface area contributed by atoms with Crippen molar-refractivity contribution in [3.63, 3.8) is 0 Å². The van der Waals surface area contributed by atoms with Gasteiger partial charge in [0.25, 0.3) is 0 Å². The van der Waals surface area contributed by atoms with E-state index in [4.69, 9.17) is 5.73 Å². The van der Waals surface area contributed by atoms with E-state index in [9.17, 15) is 5.11 Å². The minimum absolute atomic E-state index is 0.0204. The summed E-state index contributed by atoms with van der Waals surface area (Å²) >= 11 is 0. The van der Waals surface area contributed by atoms with Crippen LogP contribution in [-0.4, -0.2) is 16.7 Å². The molecule has 1 fully saturated rings. The zero-order chi connectivity index (χ0) is 10.1. The van der Waals surface area contributed by atoms with Crippen molar-refractivity contribution in [1.29, 1.82) is 0 Å². The maximum Gasteiger partial charge on any atom is 0.0541 e. The molecule has 3 N–H and O–H groups in total. The molecule has 1 atom stereocenters. The second-order valence-corrected chi connectivity index (χ2v) is 5.00. The first-order chi connectivity index (χ1) is 5.96. The topological polar surface area (TPSA) is 46.2 Å². The van der Waals surface area contributed by atoms with Crippen LogP contribution in [0.2, 0.25) is 0 Å². The first kappa shape index (κ1) is 11.0. The second kappa shape index (κ2) is 3.97. The Bertz CT molecular complexity index is 159. The Labute approximate surface area is 81.5 Å². The van der Waals surface area contributed by atoms with Crippen LogP contribution in [0.1, 0.15) is 46.5 Å². The monoisotopic (exact) mass is 185 g/mol. The Morgan fingerprint density at radius 1 is 1.23 bits per heavy atom. The molecule has 1 aliphatic carbocycles. The summed E-state index contributed by atoms with van der Waals surface area (Å²) < 4.78 is 0. The van der Waals surface area contributed by atoms with Crippen molar-refractivity contribution < 1.29 is 5.11 Å². The molecule has 2 heteroatoms. The van der Waals surface area contributed by atoms with Gasteiger partial charge in [-0.3, -0.25) is 0 Å². The normalized spacial score (nSPS) is 37.8. The molecule has 0 aromatic heterocycles. The molecule has 0 amide bonds. The van der Waals surface area contributed by atoms with Gasteiger partial charge in [0, 0.05) is 5.54 Å². The van der Waals surface area contributed by atoms with Gasteiger partial charge in [-0.05, 0) is 37.5 Å². The smallest absolute Gasteiger partial charge is 0.0541 e. The lowest BCUT2D eigenvalue weighted by molar-refractivity contribution is 0.0673. The van der Waals surface area contributed by atoms with Crippen molar-refractivity contribution in [1.82, 2.24) is 0 Å². The Morgan fingerprint density at radius 2 is 1.69 bits per heavy atom. The van der Waals surface area contributed by atoms with Crippen LogP contribution in [0.4, 0.5) is 0 Å². The molecule has 0 radical (unpaired) electrons. The molecular formula is C11H23NO. The van der Waals surface area contributed by atoms with Crippen molar-refractivity contribution >= 4 is 0 Å². The highest BCUT2D eigenvalue weighted by molar-refractivity contribution is 4.94. The average molecular weight is 185 g/mol. The molecule has 2 nitrogen and oxygen atoms in total. The molecule has 0 aromatic carbocycles. The van der Waals surface area contributed by atoms with Gasteiger partial charge in [-0.15, -0.1) is 0 Å². The summed E-state index contributed by atoms with van der Waals surface area (Å²) in [6.45, 7) is 6.69. The minimum atomic E-state index is -0.101. The van der Waals surface area contributed by atoms with E-state index in [1.165, 1.54) is 0 Å². The number of rotatable bonds is 2. The summed E-state index contributed by atoms with van der Waals surface area (Å²) in [7, 11) is 0. The Morgan fingerprint density at radius 3 is 2.08 bits per heavy atom. The molecule has 78 valence electrons. The molecule has 1 unspecified atom stereocenters. The molecule has 13 heavy (non-hydrogen) atoms. The van der Waals surface area contributed by atoms with E-state index in [1.807, 2.05) is 0 Å². The van der Waals surface area contributed by atoms with E-state index < -0.39 is 0 Å². The van der Waals surface area contributed by atoms with E-state index in [-0.39, 0.29) is 11.6 Å². The summed E-state index contributed by atoms with van der Waals surface area (Å²) in [4.78, 5) is 0. The molecule has 0 aromatic rings. The van der Waals surface area contributed by atoms with Gasteiger partial charge >= 0.3 is 0 Å². The van der Waals surface area contributed by atoms with E-state index in [2.05, 4.69) is 20.8 Å². The number of nitrogens with two attached hydrogens (primary N) is 1. The van der Waals surface area contributed by atoms with Crippen molar-refractivity contribution in [2.45, 2.75) is 58.1 Å². The van der Waals surface area contributed by atoms with Gasteiger partial charge in [0.15, 0.2) is 0 Å². The van der Waals surface area contributed by atoms with Gasteiger partial charge in [-0.2, -0.15) is 0 Å². The van der Waals surface area contributed by atoms with Gasteiger partial charge in [0.05, 0.1) is 6.10 Å². The van der Waals surface area contributed by atoms with Crippen LogP contribution in [0.5, 0.6) is 0 Å². The fourth-order valence-corrected chi connectivity index (χ4v) is 2.26. The Hall–Kier alpha value is -0.0800. The minimum Gasteiger partial charge on any atom is -0.393 e. The van der Waals surface area contributed by atoms with E-state index in [0.717, 1.165) is 25.7 Å². The number of aliphatic hydroxyl groups excluding tert-OH is 1. The molecule has 1 saturated carbocycles. The summed E-state index contributed by atoms with van der Waals surface area (Å²) in [5, 5.41) is 9.41. The van der Waals surface area contributed by atoms with E-state index >= 15 is 0 Å². The van der Waals surface area contributed by atoms with Crippen LogP contribution < -0.4 is 5.73 Å². The predicted molar refractivity (Wildman–Crippen MR) is 55.4 cm³/mol. The van der Waals surface area contributed by atoms with Gasteiger partial charge in [0.1, 0.15) is 0 Å². The largest absolute Gasteiger partial charge is 0.393 e. The van der Waals surface area contributed by atoms with Gasteiger partial charge in [-0.25, -0.2) is 0 Å². The van der Waals surface area contributed by atoms with E-state index in [1.54, 1.807) is 0 Å². The molecular weight excluding hydrogens is 162 g/mol. The predicted octanol–water partition coefficient (Wildman–Crippen LogP) is 1.91. The van der Waals surface area contributed by atoms with Gasteiger partial charge in [0.2, 0.25) is 0 Å². The maximum atomic E-state index is 9.41. The van der Waals surface area contributed by atoms with Crippen LogP contribution in [0, 0.1) is 11.8 Å². The average Bonchev–Trinajstić information content (AvgIpc) is 2.09. The maximum absolute atomic E-state index is 9.41. The SMILES string of the molecule is CC(C)C(C)C1(N)CCC(O)CC1. The standard InChI is InChI=1S/C11H23NO/c1-8(2)9(3)11(12)6-4-10(13)5-7-11/h8-10,13H,4-7,12H2,1-3H3. The number of hydrogen-bond acceptors (Lipinski definition) is 2. The molecule has 0 bridgehead atoms. The highest BCUT2D eigenvalue weighted by atomic mass is 16.3. The molecule has 0 heterocycles. The third-order valence-corrected chi connectivity index (χ3v) is 3.79. The first-order valence-electron chi connectivity index (χ1n) is 5.42. The van der Waals surface area contributed by atoms with E-state index in [0.29, 0.717) is 11.8 Å². The van der Waals surface area contributed by atoms with Crippen LogP contribution in [0.25, 0.3) is 0 Å². The van der Waals surface area contributed by atoms with Crippen LogP contribution in [0.15, 0.2) is 0 Å². The van der Waals surface area contributed by atoms with Crippen molar-refractivity contribution in [2.75, 3.05) is 0 Å². The Kier molecular flexibility index (Phi) is 3.36. The molecule has 0 aliphatic heterocycles.